The van der Waals surface area contributed by atoms with Crippen molar-refractivity contribution in [3.8, 4) is 21.7 Å². The molecule has 1 amide bonds. The Labute approximate surface area is 154 Å². The van der Waals surface area contributed by atoms with E-state index in [9.17, 15) is 4.79 Å². The molecule has 0 fully saturated rings. The summed E-state index contributed by atoms with van der Waals surface area (Å²) in [5.41, 5.74) is 3.82. The summed E-state index contributed by atoms with van der Waals surface area (Å²) in [4.78, 5) is 18.5. The number of hydrogen-bond donors (Lipinski definition) is 1. The van der Waals surface area contributed by atoms with Crippen LogP contribution in [0.2, 0.25) is 0 Å². The molecule has 0 spiro atoms. The molecule has 0 aliphatic heterocycles. The highest BCUT2D eigenvalue weighted by Crippen LogP contribution is 2.50. The number of nitrogens with zero attached hydrogens (tertiary/aromatic N) is 3. The van der Waals surface area contributed by atoms with Crippen LogP contribution >= 0.6 is 11.3 Å². The minimum Gasteiger partial charge on any atom is -0.296 e. The summed E-state index contributed by atoms with van der Waals surface area (Å²) in [6.45, 7) is 4.00. The summed E-state index contributed by atoms with van der Waals surface area (Å²) >= 11 is 1.52. The minimum absolute atomic E-state index is 0.122. The topological polar surface area (TPSA) is 59.8 Å². The highest BCUT2D eigenvalue weighted by molar-refractivity contribution is 7.20. The normalized spacial score (nSPS) is 12.0. The first-order chi connectivity index (χ1) is 12.6. The zero-order chi connectivity index (χ0) is 17.8. The van der Waals surface area contributed by atoms with E-state index in [0.29, 0.717) is 10.8 Å². The van der Waals surface area contributed by atoms with Gasteiger partial charge in [0, 0.05) is 23.4 Å². The molecule has 2 aromatic carbocycles. The number of amides is 1. The van der Waals surface area contributed by atoms with Gasteiger partial charge in [-0.2, -0.15) is 5.10 Å². The molecule has 128 valence electrons. The van der Waals surface area contributed by atoms with Gasteiger partial charge in [-0.05, 0) is 30.7 Å². The molecule has 0 saturated carbocycles. The van der Waals surface area contributed by atoms with E-state index in [0.717, 1.165) is 16.1 Å². The average molecular weight is 360 g/mol. The number of fused-ring (bicyclic) bond motifs is 3. The van der Waals surface area contributed by atoms with Crippen LogP contribution < -0.4 is 5.32 Å². The fourth-order valence-corrected chi connectivity index (χ4v) is 4.54. The molecule has 0 saturated heterocycles. The molecule has 26 heavy (non-hydrogen) atoms. The van der Waals surface area contributed by atoms with Gasteiger partial charge in [0.25, 0.3) is 5.91 Å². The molecule has 1 aliphatic carbocycles. The van der Waals surface area contributed by atoms with E-state index in [1.165, 1.54) is 27.7 Å². The van der Waals surface area contributed by atoms with Crippen LogP contribution in [-0.4, -0.2) is 20.7 Å². The van der Waals surface area contributed by atoms with Gasteiger partial charge >= 0.3 is 0 Å². The highest BCUT2D eigenvalue weighted by Gasteiger charge is 2.26. The van der Waals surface area contributed by atoms with Crippen molar-refractivity contribution < 1.29 is 4.79 Å². The van der Waals surface area contributed by atoms with Gasteiger partial charge < -0.3 is 0 Å². The lowest BCUT2D eigenvalue weighted by Gasteiger charge is -2.10. The van der Waals surface area contributed by atoms with E-state index in [4.69, 9.17) is 4.98 Å². The van der Waals surface area contributed by atoms with Crippen molar-refractivity contribution in [3.05, 3.63) is 54.4 Å². The van der Waals surface area contributed by atoms with Gasteiger partial charge in [-0.3, -0.25) is 14.8 Å². The molecule has 5 rings (SSSR count). The van der Waals surface area contributed by atoms with Crippen LogP contribution in [0.1, 0.15) is 30.4 Å². The van der Waals surface area contributed by atoms with Crippen molar-refractivity contribution in [2.45, 2.75) is 19.9 Å². The molecule has 0 atom stereocenters. The molecular formula is C20H16N4OS. The second-order valence-corrected chi connectivity index (χ2v) is 7.61. The van der Waals surface area contributed by atoms with Crippen LogP contribution in [0.4, 0.5) is 5.13 Å². The number of nitrogens with one attached hydrogen (secondary N) is 1. The van der Waals surface area contributed by atoms with Gasteiger partial charge in [0.2, 0.25) is 0 Å². The number of hydrogen-bond acceptors (Lipinski definition) is 4. The Kier molecular flexibility index (Phi) is 3.24. The maximum Gasteiger partial charge on any atom is 0.275 e. The van der Waals surface area contributed by atoms with E-state index in [2.05, 4.69) is 46.8 Å². The summed E-state index contributed by atoms with van der Waals surface area (Å²) in [6.07, 6.45) is 1.65. The van der Waals surface area contributed by atoms with Crippen molar-refractivity contribution in [1.29, 1.82) is 0 Å². The number of aromatic nitrogens is 3. The van der Waals surface area contributed by atoms with Gasteiger partial charge in [-0.25, -0.2) is 4.98 Å². The van der Waals surface area contributed by atoms with Crippen LogP contribution in [0.25, 0.3) is 32.5 Å². The zero-order valence-corrected chi connectivity index (χ0v) is 15.2. The van der Waals surface area contributed by atoms with Crippen LogP contribution in [0.3, 0.4) is 0 Å². The number of carbonyl (C=O) groups excluding carboxylic acids is 1. The monoisotopic (exact) mass is 360 g/mol. The Morgan fingerprint density at radius 3 is 2.65 bits per heavy atom. The van der Waals surface area contributed by atoms with E-state index in [1.807, 2.05) is 13.8 Å². The third-order valence-corrected chi connectivity index (χ3v) is 5.65. The first-order valence-corrected chi connectivity index (χ1v) is 9.33. The van der Waals surface area contributed by atoms with Crippen molar-refractivity contribution in [3.63, 3.8) is 0 Å². The molecule has 1 N–H and O–H groups in total. The second kappa shape index (κ2) is 5.51. The summed E-state index contributed by atoms with van der Waals surface area (Å²) in [6, 6.07) is 14.4. The third-order valence-electron chi connectivity index (χ3n) is 4.64. The van der Waals surface area contributed by atoms with E-state index in [1.54, 1.807) is 16.9 Å². The molecule has 1 aliphatic rings. The third kappa shape index (κ3) is 2.12. The minimum atomic E-state index is -0.185. The first-order valence-electron chi connectivity index (χ1n) is 8.51. The zero-order valence-electron chi connectivity index (χ0n) is 14.4. The van der Waals surface area contributed by atoms with Gasteiger partial charge in [0.05, 0.1) is 10.6 Å². The smallest absolute Gasteiger partial charge is 0.275 e. The number of carbonyl (C=O) groups is 1. The molecule has 2 heterocycles. The standard InChI is InChI=1S/C20H16N4OS/c1-11(2)24-15(9-10-21-24)19(25)23-20-22-17-13-7-3-5-12-6-4-8-14(16(12)13)18(17)26-20/h3-11H,1-2H3,(H,22,23,25). The van der Waals surface area contributed by atoms with Crippen molar-refractivity contribution >= 4 is 33.1 Å². The fourth-order valence-electron chi connectivity index (χ4n) is 3.53. The second-order valence-electron chi connectivity index (χ2n) is 6.61. The molecule has 6 heteroatoms. The van der Waals surface area contributed by atoms with Gasteiger partial charge in [-0.1, -0.05) is 47.7 Å². The Morgan fingerprint density at radius 1 is 1.12 bits per heavy atom. The SMILES string of the molecule is CC(C)n1nccc1C(=O)Nc1nc2c(s1)-c1cccc3cccc-2c13. The van der Waals surface area contributed by atoms with Crippen LogP contribution in [0, 0.1) is 0 Å². The highest BCUT2D eigenvalue weighted by atomic mass is 32.1. The molecule has 0 bridgehead atoms. The molecule has 4 aromatic rings. The average Bonchev–Trinajstić information content (AvgIpc) is 3.32. The molecule has 0 unspecified atom stereocenters. The number of anilines is 1. The maximum absolute atomic E-state index is 12.7. The lowest BCUT2D eigenvalue weighted by molar-refractivity contribution is 0.101. The van der Waals surface area contributed by atoms with E-state index < -0.39 is 0 Å². The number of thiazole rings is 1. The fraction of sp³-hybridized carbons (Fsp3) is 0.150. The largest absolute Gasteiger partial charge is 0.296 e. The number of benzene rings is 2. The van der Waals surface area contributed by atoms with Crippen molar-refractivity contribution in [2.24, 2.45) is 0 Å². The quantitative estimate of drug-likeness (QED) is 0.494. The van der Waals surface area contributed by atoms with Gasteiger partial charge in [-0.15, -0.1) is 0 Å². The lowest BCUT2D eigenvalue weighted by atomic mass is 10.0. The Balaban J connectivity index is 1.53. The summed E-state index contributed by atoms with van der Waals surface area (Å²) < 4.78 is 1.71. The van der Waals surface area contributed by atoms with Crippen molar-refractivity contribution in [1.82, 2.24) is 14.8 Å². The Bertz CT molecular complexity index is 1120. The number of rotatable bonds is 3. The maximum atomic E-state index is 12.7. The summed E-state index contributed by atoms with van der Waals surface area (Å²) in [7, 11) is 0. The van der Waals surface area contributed by atoms with Gasteiger partial charge in [0.15, 0.2) is 5.13 Å². The first kappa shape index (κ1) is 15.3. The molecular weight excluding hydrogens is 344 g/mol. The predicted molar refractivity (Wildman–Crippen MR) is 105 cm³/mol. The Morgan fingerprint density at radius 2 is 1.88 bits per heavy atom. The van der Waals surface area contributed by atoms with Crippen LogP contribution in [0.5, 0.6) is 0 Å². The predicted octanol–water partition coefficient (Wildman–Crippen LogP) is 4.97. The van der Waals surface area contributed by atoms with Gasteiger partial charge in [0.1, 0.15) is 5.69 Å². The molecule has 5 nitrogen and oxygen atoms in total. The molecule has 2 aromatic heterocycles. The van der Waals surface area contributed by atoms with E-state index in [-0.39, 0.29) is 11.9 Å². The summed E-state index contributed by atoms with van der Waals surface area (Å²) in [5, 5.41) is 10.2. The van der Waals surface area contributed by atoms with E-state index >= 15 is 0 Å². The Hall–Kier alpha value is -2.99. The lowest BCUT2D eigenvalue weighted by Crippen LogP contribution is -2.18. The molecule has 0 radical (unpaired) electrons. The summed E-state index contributed by atoms with van der Waals surface area (Å²) in [5.74, 6) is -0.185. The van der Waals surface area contributed by atoms with Crippen molar-refractivity contribution in [2.75, 3.05) is 5.32 Å². The van der Waals surface area contributed by atoms with Crippen LogP contribution in [-0.2, 0) is 0 Å². The van der Waals surface area contributed by atoms with Crippen LogP contribution in [0.15, 0.2) is 48.7 Å².